The van der Waals surface area contributed by atoms with E-state index >= 15 is 0 Å². The standard InChI is InChI=1S/C31H38F3N5O5/c1-18-14-39(19(2)17-40)28(41)13-23-12-25(35-30(42)36-29-20(3)37-44-21(29)4)10-11-26(23)43-27(18)16-38(5)15-22-6-8-24(9-7-22)31(32,33)34/h6-12,18-19,27,40H,13-17H2,1-5H3,(H2,35,36,42)/t18-,19+,27+/m1/s1. The molecular formula is C31H38F3N5O5. The molecule has 4 rings (SSSR count). The number of carbonyl (C=O) groups excluding carboxylic acids is 2. The number of aryl methyl sites for hydroxylation is 2. The number of urea groups is 1. The molecule has 13 heteroatoms. The molecule has 3 aromatic rings. The second kappa shape index (κ2) is 13.7. The van der Waals surface area contributed by atoms with Crippen molar-refractivity contribution in [1.82, 2.24) is 15.0 Å². The van der Waals surface area contributed by atoms with Crippen molar-refractivity contribution in [1.29, 1.82) is 0 Å². The lowest BCUT2D eigenvalue weighted by atomic mass is 10.0. The lowest BCUT2D eigenvalue weighted by Crippen LogP contribution is -2.47. The van der Waals surface area contributed by atoms with Crippen molar-refractivity contribution in [3.8, 4) is 5.75 Å². The maximum absolute atomic E-state index is 13.5. The maximum Gasteiger partial charge on any atom is 0.416 e. The normalized spacial score (nSPS) is 18.1. The van der Waals surface area contributed by atoms with Crippen LogP contribution in [0.4, 0.5) is 29.3 Å². The number of hydrogen-bond donors (Lipinski definition) is 3. The van der Waals surface area contributed by atoms with Crippen LogP contribution in [0.1, 0.15) is 42.0 Å². The van der Waals surface area contributed by atoms with Crippen molar-refractivity contribution in [2.24, 2.45) is 5.92 Å². The van der Waals surface area contributed by atoms with Gasteiger partial charge >= 0.3 is 12.2 Å². The zero-order valence-electron chi connectivity index (χ0n) is 25.4. The first-order valence-electron chi connectivity index (χ1n) is 14.3. The average molecular weight is 618 g/mol. The average Bonchev–Trinajstić information content (AvgIpc) is 3.29. The van der Waals surface area contributed by atoms with E-state index in [1.807, 2.05) is 18.9 Å². The van der Waals surface area contributed by atoms with Gasteiger partial charge in [-0.25, -0.2) is 4.79 Å². The first-order chi connectivity index (χ1) is 20.7. The van der Waals surface area contributed by atoms with Gasteiger partial charge in [-0.15, -0.1) is 0 Å². The van der Waals surface area contributed by atoms with Crippen molar-refractivity contribution in [2.75, 3.05) is 37.4 Å². The van der Waals surface area contributed by atoms with E-state index in [0.29, 0.717) is 59.3 Å². The molecule has 1 aliphatic heterocycles. The Morgan fingerprint density at radius 1 is 1.18 bits per heavy atom. The van der Waals surface area contributed by atoms with Gasteiger partial charge in [0.05, 0.1) is 24.6 Å². The highest BCUT2D eigenvalue weighted by Gasteiger charge is 2.32. The third-order valence-electron chi connectivity index (χ3n) is 7.67. The molecule has 1 aliphatic rings. The number of ether oxygens (including phenoxy) is 1. The molecule has 2 aromatic carbocycles. The molecule has 0 aliphatic carbocycles. The Balaban J connectivity index is 1.55. The molecule has 0 bridgehead atoms. The Morgan fingerprint density at radius 3 is 2.50 bits per heavy atom. The monoisotopic (exact) mass is 617 g/mol. The van der Waals surface area contributed by atoms with Gasteiger partial charge in [0.1, 0.15) is 23.2 Å². The van der Waals surface area contributed by atoms with Crippen LogP contribution in [-0.4, -0.2) is 70.9 Å². The van der Waals surface area contributed by atoms with E-state index in [4.69, 9.17) is 9.26 Å². The zero-order valence-corrected chi connectivity index (χ0v) is 25.4. The fourth-order valence-corrected chi connectivity index (χ4v) is 5.15. The van der Waals surface area contributed by atoms with Gasteiger partial charge < -0.3 is 29.9 Å². The molecule has 0 saturated heterocycles. The first kappa shape index (κ1) is 32.8. The molecule has 3 N–H and O–H groups in total. The SMILES string of the molecule is Cc1noc(C)c1NC(=O)Nc1ccc2c(c1)CC(=O)N([C@@H](C)CO)C[C@@H](C)[C@H](CN(C)Cc1ccc(C(F)(F)F)cc1)O2. The van der Waals surface area contributed by atoms with Crippen LogP contribution in [0.3, 0.4) is 0 Å². The summed E-state index contributed by atoms with van der Waals surface area (Å²) in [5.74, 6) is 0.591. The van der Waals surface area contributed by atoms with Gasteiger partial charge in [0.2, 0.25) is 5.91 Å². The van der Waals surface area contributed by atoms with E-state index < -0.39 is 29.9 Å². The summed E-state index contributed by atoms with van der Waals surface area (Å²) in [5, 5.41) is 19.2. The van der Waals surface area contributed by atoms with E-state index in [-0.39, 0.29) is 24.9 Å². The number of fused-ring (bicyclic) bond motifs is 1. The minimum atomic E-state index is -4.40. The highest BCUT2D eigenvalue weighted by atomic mass is 19.4. The zero-order chi connectivity index (χ0) is 32.2. The third kappa shape index (κ3) is 8.08. The lowest BCUT2D eigenvalue weighted by molar-refractivity contribution is -0.137. The topological polar surface area (TPSA) is 120 Å². The fraction of sp³-hybridized carbons (Fsp3) is 0.452. The Bertz CT molecular complexity index is 1440. The summed E-state index contributed by atoms with van der Waals surface area (Å²) in [5.41, 5.74) is 2.01. The van der Waals surface area contributed by atoms with E-state index in [1.165, 1.54) is 12.1 Å². The molecule has 3 amide bonds. The summed E-state index contributed by atoms with van der Waals surface area (Å²) in [6.07, 6.45) is -4.82. The maximum atomic E-state index is 13.5. The summed E-state index contributed by atoms with van der Waals surface area (Å²) in [6.45, 7) is 8.04. The Hall–Kier alpha value is -4.10. The van der Waals surface area contributed by atoms with Crippen LogP contribution >= 0.6 is 0 Å². The van der Waals surface area contributed by atoms with Crippen molar-refractivity contribution >= 4 is 23.3 Å². The number of alkyl halides is 3. The number of benzene rings is 2. The number of rotatable bonds is 8. The molecule has 0 spiro atoms. The van der Waals surface area contributed by atoms with Crippen molar-refractivity contribution in [3.63, 3.8) is 0 Å². The van der Waals surface area contributed by atoms with Gasteiger partial charge in [-0.3, -0.25) is 9.69 Å². The quantitative estimate of drug-likeness (QED) is 0.317. The summed E-state index contributed by atoms with van der Waals surface area (Å²) in [4.78, 5) is 29.8. The molecule has 10 nitrogen and oxygen atoms in total. The van der Waals surface area contributed by atoms with Gasteiger partial charge in [0.25, 0.3) is 0 Å². The number of amides is 3. The van der Waals surface area contributed by atoms with Crippen molar-refractivity contribution in [3.05, 3.63) is 70.6 Å². The van der Waals surface area contributed by atoms with Crippen LogP contribution in [0, 0.1) is 19.8 Å². The van der Waals surface area contributed by atoms with Crippen LogP contribution in [0.25, 0.3) is 0 Å². The Kier molecular flexibility index (Phi) is 10.2. The molecule has 2 heterocycles. The smallest absolute Gasteiger partial charge is 0.416 e. The minimum Gasteiger partial charge on any atom is -0.488 e. The number of aliphatic hydroxyl groups excluding tert-OH is 1. The van der Waals surface area contributed by atoms with Crippen LogP contribution in [-0.2, 0) is 23.9 Å². The van der Waals surface area contributed by atoms with Gasteiger partial charge in [-0.05, 0) is 63.7 Å². The van der Waals surface area contributed by atoms with Gasteiger partial charge in [-0.1, -0.05) is 24.2 Å². The number of aliphatic hydroxyl groups is 1. The van der Waals surface area contributed by atoms with Crippen LogP contribution in [0.2, 0.25) is 0 Å². The number of hydrogen-bond acceptors (Lipinski definition) is 7. The summed E-state index contributed by atoms with van der Waals surface area (Å²) >= 11 is 0. The molecule has 44 heavy (non-hydrogen) atoms. The summed E-state index contributed by atoms with van der Waals surface area (Å²) in [7, 11) is 1.85. The predicted molar refractivity (Wildman–Crippen MR) is 158 cm³/mol. The molecule has 0 saturated carbocycles. The lowest BCUT2D eigenvalue weighted by Gasteiger charge is -2.34. The first-order valence-corrected chi connectivity index (χ1v) is 14.3. The van der Waals surface area contributed by atoms with E-state index in [9.17, 15) is 27.9 Å². The fourth-order valence-electron chi connectivity index (χ4n) is 5.15. The number of aromatic nitrogens is 1. The molecule has 3 atom stereocenters. The Morgan fingerprint density at radius 2 is 1.89 bits per heavy atom. The molecule has 0 unspecified atom stereocenters. The van der Waals surface area contributed by atoms with Crippen LogP contribution < -0.4 is 15.4 Å². The van der Waals surface area contributed by atoms with E-state index in [1.54, 1.807) is 43.9 Å². The number of halogens is 3. The van der Waals surface area contributed by atoms with Crippen LogP contribution in [0.5, 0.6) is 5.75 Å². The second-order valence-electron chi connectivity index (χ2n) is 11.4. The molecule has 1 aromatic heterocycles. The number of anilines is 2. The predicted octanol–water partition coefficient (Wildman–Crippen LogP) is 5.24. The second-order valence-corrected chi connectivity index (χ2v) is 11.4. The number of carbonyl (C=O) groups is 2. The van der Waals surface area contributed by atoms with Gasteiger partial charge in [0.15, 0.2) is 5.76 Å². The molecule has 0 fully saturated rings. The third-order valence-corrected chi connectivity index (χ3v) is 7.67. The van der Waals surface area contributed by atoms with Crippen molar-refractivity contribution in [2.45, 2.75) is 59.0 Å². The molecule has 0 radical (unpaired) electrons. The largest absolute Gasteiger partial charge is 0.488 e. The number of nitrogens with zero attached hydrogens (tertiary/aromatic N) is 3. The molecular weight excluding hydrogens is 579 g/mol. The number of likely N-dealkylation sites (N-methyl/N-ethyl adjacent to an activating group) is 1. The summed E-state index contributed by atoms with van der Waals surface area (Å²) in [6, 6.07) is 9.17. The highest BCUT2D eigenvalue weighted by Crippen LogP contribution is 2.31. The number of nitrogens with one attached hydrogen (secondary N) is 2. The minimum absolute atomic E-state index is 0.0124. The van der Waals surface area contributed by atoms with Gasteiger partial charge in [0, 0.05) is 36.8 Å². The van der Waals surface area contributed by atoms with E-state index in [2.05, 4.69) is 15.8 Å². The van der Waals surface area contributed by atoms with Crippen molar-refractivity contribution < 1.29 is 37.1 Å². The van der Waals surface area contributed by atoms with E-state index in [0.717, 1.165) is 12.1 Å². The molecule has 238 valence electrons. The van der Waals surface area contributed by atoms with Crippen LogP contribution in [0.15, 0.2) is 47.0 Å². The summed E-state index contributed by atoms with van der Waals surface area (Å²) < 4.78 is 50.6. The van der Waals surface area contributed by atoms with Gasteiger partial charge in [-0.2, -0.15) is 13.2 Å². The highest BCUT2D eigenvalue weighted by molar-refractivity contribution is 6.00. The Labute approximate surface area is 254 Å².